The third-order valence-corrected chi connectivity index (χ3v) is 1.46. The van der Waals surface area contributed by atoms with Gasteiger partial charge in [0.1, 0.15) is 0 Å². The van der Waals surface area contributed by atoms with Gasteiger partial charge in [-0.1, -0.05) is 6.58 Å². The van der Waals surface area contributed by atoms with Crippen LogP contribution in [-0.4, -0.2) is 15.0 Å². The molecule has 0 aliphatic heterocycles. The molecule has 50 valence electrons. The summed E-state index contributed by atoms with van der Waals surface area (Å²) in [7, 11) is -3.41. The number of hydrogen-bond acceptors (Lipinski definition) is 3. The molecule has 0 atom stereocenters. The molecule has 0 saturated heterocycles. The molecule has 0 heterocycles. The van der Waals surface area contributed by atoms with E-state index < -0.39 is 10.1 Å². The van der Waals surface area contributed by atoms with Gasteiger partial charge in [0.15, 0.2) is 0 Å². The third kappa shape index (κ3) is 6.54. The van der Waals surface area contributed by atoms with Gasteiger partial charge in [-0.05, 0) is 6.92 Å². The van der Waals surface area contributed by atoms with Gasteiger partial charge in [0.2, 0.25) is 0 Å². The first-order valence-electron chi connectivity index (χ1n) is 2.14. The Hall–Kier alpha value is 0.650. The van der Waals surface area contributed by atoms with Gasteiger partial charge in [-0.2, -0.15) is 8.42 Å². The van der Waals surface area contributed by atoms with Crippen LogP contribution in [0.5, 0.6) is 0 Å². The molecule has 0 N–H and O–H groups in total. The maximum absolute atomic E-state index is 10.3. The molecule has 9 heavy (non-hydrogen) atoms. The Bertz CT molecular complexity index is 165. The molecule has 0 aliphatic carbocycles. The molecule has 0 unspecified atom stereocenters. The molecule has 0 aliphatic rings. The summed E-state index contributed by atoms with van der Waals surface area (Å²) in [5, 5.41) is 0.774. The minimum absolute atomic E-state index is 0. The molecule has 5 heteroatoms. The second kappa shape index (κ2) is 5.44. The van der Waals surface area contributed by atoms with E-state index in [0.717, 1.165) is 5.41 Å². The summed E-state index contributed by atoms with van der Waals surface area (Å²) in [4.78, 5) is 0. The van der Waals surface area contributed by atoms with E-state index in [4.69, 9.17) is 0 Å². The van der Waals surface area contributed by atoms with Crippen LogP contribution in [0.1, 0.15) is 8.35 Å². The number of rotatable bonds is 3. The Kier molecular flexibility index (Phi) is 7.45. The molecule has 0 spiro atoms. The molecule has 0 amide bonds. The monoisotopic (exact) mass is 160 g/mol. The van der Waals surface area contributed by atoms with Crippen molar-refractivity contribution in [1.29, 1.82) is 0 Å². The van der Waals surface area contributed by atoms with Crippen LogP contribution in [0.15, 0.2) is 12.0 Å². The Labute approximate surface area is 79.0 Å². The summed E-state index contributed by atoms with van der Waals surface area (Å²) in [5.74, 6) is 0. The van der Waals surface area contributed by atoms with E-state index in [1.54, 1.807) is 6.92 Å². The molecule has 3 nitrogen and oxygen atoms in total. The molecule has 0 radical (unpaired) electrons. The van der Waals surface area contributed by atoms with Crippen LogP contribution in [0.25, 0.3) is 0 Å². The fraction of sp³-hybridized carbons (Fsp3) is 0.500. The van der Waals surface area contributed by atoms with Crippen molar-refractivity contribution in [3.63, 3.8) is 0 Å². The van der Waals surface area contributed by atoms with Gasteiger partial charge >= 0.3 is 29.6 Å². The average molecular weight is 160 g/mol. The fourth-order valence-electron chi connectivity index (χ4n) is 0.212. The van der Waals surface area contributed by atoms with Crippen LogP contribution in [0.3, 0.4) is 0 Å². The van der Waals surface area contributed by atoms with E-state index in [2.05, 4.69) is 10.8 Å². The molecule has 0 aromatic heterocycles. The maximum Gasteiger partial charge on any atom is 1.00 e. The zero-order valence-corrected chi connectivity index (χ0v) is 8.44. The predicted molar refractivity (Wildman–Crippen MR) is 31.9 cm³/mol. The first-order valence-corrected chi connectivity index (χ1v) is 3.61. The molecular weight excluding hydrogens is 151 g/mol. The van der Waals surface area contributed by atoms with Crippen LogP contribution >= 0.6 is 0 Å². The van der Waals surface area contributed by atoms with Gasteiger partial charge < -0.3 is 1.43 Å². The third-order valence-electron chi connectivity index (χ3n) is 0.486. The smallest absolute Gasteiger partial charge is 1.00 e. The van der Waals surface area contributed by atoms with Crippen LogP contribution in [0, 0.1) is 0 Å². The number of hydrogen-bond donors (Lipinski definition) is 0. The van der Waals surface area contributed by atoms with Gasteiger partial charge in [0.25, 0.3) is 10.1 Å². The van der Waals surface area contributed by atoms with Crippen molar-refractivity contribution < 1.29 is 43.6 Å². The Morgan fingerprint density at radius 1 is 1.78 bits per heavy atom. The van der Waals surface area contributed by atoms with Crippen molar-refractivity contribution in [3.8, 4) is 0 Å². The van der Waals surface area contributed by atoms with Gasteiger partial charge in [-0.3, -0.25) is 4.18 Å². The topological polar surface area (TPSA) is 43.4 Å². The van der Waals surface area contributed by atoms with Crippen LogP contribution < -0.4 is 29.6 Å². The van der Waals surface area contributed by atoms with E-state index in [0.29, 0.717) is 0 Å². The average Bonchev–Trinajstić information content (AvgIpc) is 1.67. The molecule has 0 aromatic rings. The molecule has 0 aromatic carbocycles. The summed E-state index contributed by atoms with van der Waals surface area (Å²) in [5.41, 5.74) is 0. The molecule has 0 bridgehead atoms. The van der Waals surface area contributed by atoms with Crippen molar-refractivity contribution >= 4 is 10.1 Å². The standard InChI is InChI=1S/C4H8O3S.Na.H/c1-3-7-8(5,6)4-2;;/h4H,2-3H2,1H3;;/q;+1;-1. The SMILES string of the molecule is C=CS(=O)(=O)OCC.[H-].[Na+]. The summed E-state index contributed by atoms with van der Waals surface area (Å²) >= 11 is 0. The van der Waals surface area contributed by atoms with Gasteiger partial charge in [-0.15, -0.1) is 0 Å². The van der Waals surface area contributed by atoms with Crippen molar-refractivity contribution in [2.75, 3.05) is 6.61 Å². The van der Waals surface area contributed by atoms with Gasteiger partial charge in [0.05, 0.1) is 12.0 Å². The molecule has 0 fully saturated rings. The van der Waals surface area contributed by atoms with Crippen LogP contribution in [-0.2, 0) is 14.3 Å². The first-order chi connectivity index (χ1) is 3.62. The van der Waals surface area contributed by atoms with E-state index in [1.807, 2.05) is 0 Å². The van der Waals surface area contributed by atoms with E-state index >= 15 is 0 Å². The van der Waals surface area contributed by atoms with E-state index in [1.165, 1.54) is 0 Å². The normalized spacial score (nSPS) is 9.89. The summed E-state index contributed by atoms with van der Waals surface area (Å²) in [6, 6.07) is 0. The van der Waals surface area contributed by atoms with E-state index in [-0.39, 0.29) is 37.6 Å². The molecule has 0 rings (SSSR count). The van der Waals surface area contributed by atoms with Crippen molar-refractivity contribution in [2.45, 2.75) is 6.92 Å². The molecular formula is C4H9NaO3S. The van der Waals surface area contributed by atoms with E-state index in [9.17, 15) is 8.42 Å². The summed E-state index contributed by atoms with van der Waals surface area (Å²) < 4.78 is 24.8. The second-order valence-corrected chi connectivity index (χ2v) is 2.62. The Balaban J connectivity index is -0.000000245. The van der Waals surface area contributed by atoms with Crippen LogP contribution in [0.4, 0.5) is 0 Å². The zero-order valence-electron chi connectivity index (χ0n) is 6.62. The zero-order chi connectivity index (χ0) is 6.62. The summed E-state index contributed by atoms with van der Waals surface area (Å²) in [6.45, 7) is 4.80. The van der Waals surface area contributed by atoms with Crippen molar-refractivity contribution in [2.24, 2.45) is 0 Å². The van der Waals surface area contributed by atoms with Crippen molar-refractivity contribution in [3.05, 3.63) is 12.0 Å². The largest absolute Gasteiger partial charge is 1.00 e. The van der Waals surface area contributed by atoms with Gasteiger partial charge in [-0.25, -0.2) is 0 Å². The quantitative estimate of drug-likeness (QED) is 0.342. The predicted octanol–water partition coefficient (Wildman–Crippen LogP) is -2.39. The van der Waals surface area contributed by atoms with Crippen LogP contribution in [0.2, 0.25) is 0 Å². The maximum atomic E-state index is 10.3. The minimum atomic E-state index is -3.41. The first kappa shape index (κ1) is 12.3. The van der Waals surface area contributed by atoms with Gasteiger partial charge in [0, 0.05) is 0 Å². The van der Waals surface area contributed by atoms with Crippen molar-refractivity contribution in [1.82, 2.24) is 0 Å². The second-order valence-electron chi connectivity index (χ2n) is 1.07. The fourth-order valence-corrected chi connectivity index (χ4v) is 0.637. The summed E-state index contributed by atoms with van der Waals surface area (Å²) in [6.07, 6.45) is 0. The minimum Gasteiger partial charge on any atom is -1.00 e. The Morgan fingerprint density at radius 3 is 2.33 bits per heavy atom. The molecule has 0 saturated carbocycles. The Morgan fingerprint density at radius 2 is 2.22 bits per heavy atom.